The molecule has 0 radical (unpaired) electrons. The van der Waals surface area contributed by atoms with Crippen LogP contribution < -0.4 is 16.2 Å². The third kappa shape index (κ3) is 2.82. The Hall–Kier alpha value is -2.16. The maximum Gasteiger partial charge on any atom is 0.238 e. The molecule has 0 amide bonds. The number of rotatable bonds is 3. The van der Waals surface area contributed by atoms with E-state index in [1.807, 2.05) is 12.1 Å². The molecule has 0 aliphatic rings. The van der Waals surface area contributed by atoms with Crippen LogP contribution in [0.5, 0.6) is 0 Å². The van der Waals surface area contributed by atoms with Gasteiger partial charge in [0.15, 0.2) is 5.13 Å². The van der Waals surface area contributed by atoms with Crippen LogP contribution in [0.4, 0.5) is 16.5 Å². The average Bonchev–Trinajstić information content (AvgIpc) is 2.82. The van der Waals surface area contributed by atoms with E-state index in [0.29, 0.717) is 10.8 Å². The number of nitrogen functional groups attached to an aromatic ring is 1. The Labute approximate surface area is 125 Å². The minimum Gasteiger partial charge on any atom is -0.397 e. The fourth-order valence-corrected chi connectivity index (χ4v) is 3.31. The van der Waals surface area contributed by atoms with Gasteiger partial charge in [0, 0.05) is 5.69 Å². The number of benzene rings is 2. The summed E-state index contributed by atoms with van der Waals surface area (Å²) in [6, 6.07) is 11.8. The fourth-order valence-electron chi connectivity index (χ4n) is 1.87. The molecule has 0 saturated heterocycles. The van der Waals surface area contributed by atoms with E-state index >= 15 is 0 Å². The number of nitrogens with one attached hydrogen (secondary N) is 1. The largest absolute Gasteiger partial charge is 0.397 e. The van der Waals surface area contributed by atoms with Gasteiger partial charge in [0.05, 0.1) is 15.3 Å². The second-order valence-electron chi connectivity index (χ2n) is 4.41. The van der Waals surface area contributed by atoms with Gasteiger partial charge in [-0.15, -0.1) is 0 Å². The van der Waals surface area contributed by atoms with Crippen LogP contribution >= 0.6 is 11.3 Å². The van der Waals surface area contributed by atoms with E-state index in [0.717, 1.165) is 15.9 Å². The van der Waals surface area contributed by atoms with E-state index in [1.54, 1.807) is 18.2 Å². The minimum atomic E-state index is -3.68. The van der Waals surface area contributed by atoms with Crippen molar-refractivity contribution in [3.63, 3.8) is 0 Å². The zero-order valence-corrected chi connectivity index (χ0v) is 12.4. The molecule has 6 nitrogen and oxygen atoms in total. The highest BCUT2D eigenvalue weighted by atomic mass is 32.2. The van der Waals surface area contributed by atoms with Crippen LogP contribution in [0.25, 0.3) is 10.2 Å². The van der Waals surface area contributed by atoms with Crippen molar-refractivity contribution < 1.29 is 8.42 Å². The molecule has 108 valence electrons. The number of aromatic nitrogens is 1. The molecule has 3 aromatic rings. The lowest BCUT2D eigenvalue weighted by molar-refractivity contribution is 0.598. The highest BCUT2D eigenvalue weighted by molar-refractivity contribution is 7.89. The van der Waals surface area contributed by atoms with Gasteiger partial charge in [-0.05, 0) is 36.4 Å². The summed E-state index contributed by atoms with van der Waals surface area (Å²) in [5.74, 6) is 0. The Bertz CT molecular complexity index is 902. The summed E-state index contributed by atoms with van der Waals surface area (Å²) in [5, 5.41) is 8.86. The number of para-hydroxylation sites is 1. The first kappa shape index (κ1) is 13.8. The number of fused-ring (bicyclic) bond motifs is 1. The van der Waals surface area contributed by atoms with Crippen LogP contribution in [0.2, 0.25) is 0 Å². The summed E-state index contributed by atoms with van der Waals surface area (Å²) in [5.41, 5.74) is 7.97. The number of hydrogen-bond donors (Lipinski definition) is 3. The second kappa shape index (κ2) is 4.99. The van der Waals surface area contributed by atoms with Crippen molar-refractivity contribution in [3.05, 3.63) is 42.5 Å². The molecule has 0 fully saturated rings. The van der Waals surface area contributed by atoms with Crippen LogP contribution in [0.3, 0.4) is 0 Å². The normalized spacial score (nSPS) is 11.7. The topological polar surface area (TPSA) is 111 Å². The van der Waals surface area contributed by atoms with Crippen molar-refractivity contribution in [3.8, 4) is 0 Å². The standard InChI is InChI=1S/C13H12N4O2S2/c14-10-2-1-3-11-12(10)17-13(20-11)16-8-4-6-9(7-5-8)21(15,18)19/h1-7H,14H2,(H,16,17)(H2,15,18,19). The quantitative estimate of drug-likeness (QED) is 0.641. The molecule has 0 aliphatic carbocycles. The number of hydrogen-bond acceptors (Lipinski definition) is 6. The van der Waals surface area contributed by atoms with Gasteiger partial charge in [-0.2, -0.15) is 0 Å². The van der Waals surface area contributed by atoms with Gasteiger partial charge in [0.2, 0.25) is 10.0 Å². The fraction of sp³-hybridized carbons (Fsp3) is 0. The number of sulfonamides is 1. The highest BCUT2D eigenvalue weighted by Crippen LogP contribution is 2.31. The van der Waals surface area contributed by atoms with Gasteiger partial charge < -0.3 is 11.1 Å². The first-order valence-electron chi connectivity index (χ1n) is 5.98. The summed E-state index contributed by atoms with van der Waals surface area (Å²) in [6.45, 7) is 0. The molecular formula is C13H12N4O2S2. The second-order valence-corrected chi connectivity index (χ2v) is 7.00. The summed E-state index contributed by atoms with van der Waals surface area (Å²) >= 11 is 1.47. The van der Waals surface area contributed by atoms with E-state index in [9.17, 15) is 8.42 Å². The lowest BCUT2D eigenvalue weighted by Crippen LogP contribution is -2.11. The van der Waals surface area contributed by atoms with Crippen LogP contribution in [0.1, 0.15) is 0 Å². The molecule has 0 atom stereocenters. The molecular weight excluding hydrogens is 308 g/mol. The molecule has 21 heavy (non-hydrogen) atoms. The summed E-state index contributed by atoms with van der Waals surface area (Å²) < 4.78 is 23.4. The Morgan fingerprint density at radius 1 is 1.10 bits per heavy atom. The maximum absolute atomic E-state index is 11.2. The molecule has 1 aromatic heterocycles. The average molecular weight is 320 g/mol. The SMILES string of the molecule is Nc1cccc2sc(Nc3ccc(S(N)(=O)=O)cc3)nc12. The van der Waals surface area contributed by atoms with Gasteiger partial charge in [-0.1, -0.05) is 17.4 Å². The van der Waals surface area contributed by atoms with Gasteiger partial charge in [-0.3, -0.25) is 0 Å². The molecule has 0 saturated carbocycles. The van der Waals surface area contributed by atoms with Crippen LogP contribution in [-0.2, 0) is 10.0 Å². The Morgan fingerprint density at radius 2 is 1.81 bits per heavy atom. The molecule has 3 rings (SSSR count). The monoisotopic (exact) mass is 320 g/mol. The van der Waals surface area contributed by atoms with Crippen molar-refractivity contribution in [2.45, 2.75) is 4.90 Å². The Kier molecular flexibility index (Phi) is 3.28. The number of anilines is 3. The van der Waals surface area contributed by atoms with Crippen molar-refractivity contribution >= 4 is 48.1 Å². The van der Waals surface area contributed by atoms with E-state index < -0.39 is 10.0 Å². The lowest BCUT2D eigenvalue weighted by atomic mass is 10.3. The highest BCUT2D eigenvalue weighted by Gasteiger charge is 2.09. The van der Waals surface area contributed by atoms with Crippen LogP contribution in [0, 0.1) is 0 Å². The van der Waals surface area contributed by atoms with E-state index in [2.05, 4.69) is 10.3 Å². The van der Waals surface area contributed by atoms with Crippen LogP contribution in [0.15, 0.2) is 47.4 Å². The summed E-state index contributed by atoms with van der Waals surface area (Å²) in [7, 11) is -3.68. The third-order valence-corrected chi connectivity index (χ3v) is 4.75. The molecule has 0 aliphatic heterocycles. The predicted molar refractivity (Wildman–Crippen MR) is 85.1 cm³/mol. The molecule has 0 bridgehead atoms. The first-order valence-corrected chi connectivity index (χ1v) is 8.35. The van der Waals surface area contributed by atoms with Crippen molar-refractivity contribution in [1.29, 1.82) is 0 Å². The van der Waals surface area contributed by atoms with Crippen molar-refractivity contribution in [2.24, 2.45) is 5.14 Å². The van der Waals surface area contributed by atoms with E-state index in [-0.39, 0.29) is 4.90 Å². The summed E-state index contributed by atoms with van der Waals surface area (Å²) in [6.07, 6.45) is 0. The number of nitrogens with two attached hydrogens (primary N) is 2. The molecule has 0 spiro atoms. The minimum absolute atomic E-state index is 0.0709. The van der Waals surface area contributed by atoms with Crippen molar-refractivity contribution in [1.82, 2.24) is 4.98 Å². The zero-order chi connectivity index (χ0) is 15.0. The number of thiazole rings is 1. The summed E-state index contributed by atoms with van der Waals surface area (Å²) in [4.78, 5) is 4.49. The van der Waals surface area contributed by atoms with Gasteiger partial charge >= 0.3 is 0 Å². The smallest absolute Gasteiger partial charge is 0.238 e. The Balaban J connectivity index is 1.90. The predicted octanol–water partition coefficient (Wildman–Crippen LogP) is 2.27. The molecule has 8 heteroatoms. The maximum atomic E-state index is 11.2. The molecule has 5 N–H and O–H groups in total. The van der Waals surface area contributed by atoms with Gasteiger partial charge in [0.1, 0.15) is 5.52 Å². The molecule has 1 heterocycles. The van der Waals surface area contributed by atoms with Crippen molar-refractivity contribution in [2.75, 3.05) is 11.1 Å². The molecule has 0 unspecified atom stereocenters. The third-order valence-electron chi connectivity index (χ3n) is 2.88. The Morgan fingerprint density at radius 3 is 2.43 bits per heavy atom. The number of primary sulfonamides is 1. The van der Waals surface area contributed by atoms with Gasteiger partial charge in [0.25, 0.3) is 0 Å². The zero-order valence-electron chi connectivity index (χ0n) is 10.8. The number of nitrogens with zero attached hydrogens (tertiary/aromatic N) is 1. The first-order chi connectivity index (χ1) is 9.93. The van der Waals surface area contributed by atoms with Crippen LogP contribution in [-0.4, -0.2) is 13.4 Å². The molecule has 2 aromatic carbocycles. The van der Waals surface area contributed by atoms with Gasteiger partial charge in [-0.25, -0.2) is 18.5 Å². The van der Waals surface area contributed by atoms with E-state index in [1.165, 1.54) is 23.5 Å². The lowest BCUT2D eigenvalue weighted by Gasteiger charge is -2.03. The van der Waals surface area contributed by atoms with E-state index in [4.69, 9.17) is 10.9 Å².